The zero-order valence-corrected chi connectivity index (χ0v) is 16.3. The molecule has 1 aromatic heterocycles. The number of aryl methyl sites for hydroxylation is 2. The van der Waals surface area contributed by atoms with E-state index in [-0.39, 0.29) is 4.90 Å². The molecule has 3 rings (SSSR count). The molecule has 0 aliphatic carbocycles. The number of hydrogen-bond donors (Lipinski definition) is 0. The van der Waals surface area contributed by atoms with Crippen molar-refractivity contribution in [2.75, 3.05) is 13.7 Å². The third-order valence-corrected chi connectivity index (χ3v) is 6.57. The van der Waals surface area contributed by atoms with Crippen LogP contribution in [0.1, 0.15) is 11.1 Å². The van der Waals surface area contributed by atoms with Crippen LogP contribution in [0.2, 0.25) is 0 Å². The predicted molar refractivity (Wildman–Crippen MR) is 100 cm³/mol. The average Bonchev–Trinajstić information content (AvgIpc) is 2.90. The number of rotatable bonds is 5. The van der Waals surface area contributed by atoms with Crippen molar-refractivity contribution in [2.45, 2.75) is 25.3 Å². The molecule has 0 saturated carbocycles. The van der Waals surface area contributed by atoms with Gasteiger partial charge < -0.3 is 9.30 Å². The fourth-order valence-electron chi connectivity index (χ4n) is 2.74. The zero-order valence-electron chi connectivity index (χ0n) is 14.7. The fraction of sp³-hybridized carbons (Fsp3) is 0.278. The first-order valence-electron chi connectivity index (χ1n) is 7.98. The van der Waals surface area contributed by atoms with E-state index in [4.69, 9.17) is 4.74 Å². The minimum Gasteiger partial charge on any atom is -0.383 e. The first-order valence-corrected chi connectivity index (χ1v) is 10.2. The van der Waals surface area contributed by atoms with Gasteiger partial charge in [-0.15, -0.1) is 4.40 Å². The van der Waals surface area contributed by atoms with Crippen LogP contribution in [0.4, 0.5) is 4.39 Å². The Labute approximate surface area is 155 Å². The highest BCUT2D eigenvalue weighted by atomic mass is 32.2. The summed E-state index contributed by atoms with van der Waals surface area (Å²) >= 11 is 1.32. The van der Waals surface area contributed by atoms with Crippen molar-refractivity contribution in [1.82, 2.24) is 4.57 Å². The first kappa shape index (κ1) is 18.8. The van der Waals surface area contributed by atoms with E-state index in [9.17, 15) is 12.8 Å². The third kappa shape index (κ3) is 3.72. The van der Waals surface area contributed by atoms with Gasteiger partial charge in [0.1, 0.15) is 5.82 Å². The lowest BCUT2D eigenvalue weighted by atomic mass is 10.1. The Bertz CT molecular complexity index is 1110. The average molecular weight is 394 g/mol. The Morgan fingerprint density at radius 2 is 1.88 bits per heavy atom. The molecular weight excluding hydrogens is 375 g/mol. The van der Waals surface area contributed by atoms with Gasteiger partial charge in [0.25, 0.3) is 10.0 Å². The van der Waals surface area contributed by atoms with Crippen LogP contribution in [0.3, 0.4) is 0 Å². The van der Waals surface area contributed by atoms with Crippen molar-refractivity contribution in [3.8, 4) is 0 Å². The number of methoxy groups -OCH3 is 1. The maximum absolute atomic E-state index is 13.1. The SMILES string of the molecule is COCCn1/c(=N/S(=O)(=O)c2ccc(F)cc2)sc2c(C)cc(C)cc21. The van der Waals surface area contributed by atoms with Gasteiger partial charge >= 0.3 is 0 Å². The maximum atomic E-state index is 13.1. The zero-order chi connectivity index (χ0) is 18.9. The minimum atomic E-state index is -3.94. The summed E-state index contributed by atoms with van der Waals surface area (Å²) < 4.78 is 50.4. The second-order valence-electron chi connectivity index (χ2n) is 5.98. The summed E-state index contributed by atoms with van der Waals surface area (Å²) in [5.41, 5.74) is 3.08. The van der Waals surface area contributed by atoms with Gasteiger partial charge in [-0.3, -0.25) is 0 Å². The molecule has 0 unspecified atom stereocenters. The van der Waals surface area contributed by atoms with E-state index >= 15 is 0 Å². The Morgan fingerprint density at radius 3 is 2.54 bits per heavy atom. The maximum Gasteiger partial charge on any atom is 0.285 e. The number of fused-ring (bicyclic) bond motifs is 1. The van der Waals surface area contributed by atoms with Crippen LogP contribution >= 0.6 is 11.3 Å². The lowest BCUT2D eigenvalue weighted by Gasteiger charge is -2.06. The third-order valence-electron chi connectivity index (χ3n) is 3.94. The van der Waals surface area contributed by atoms with Crippen LogP contribution in [-0.2, 0) is 21.3 Å². The molecule has 0 atom stereocenters. The minimum absolute atomic E-state index is 0.0393. The number of halogens is 1. The van der Waals surface area contributed by atoms with Gasteiger partial charge in [0, 0.05) is 13.7 Å². The van der Waals surface area contributed by atoms with Crippen molar-refractivity contribution < 1.29 is 17.5 Å². The van der Waals surface area contributed by atoms with Gasteiger partial charge in [0.2, 0.25) is 4.80 Å². The fourth-order valence-corrected chi connectivity index (χ4v) is 5.05. The number of benzene rings is 2. The van der Waals surface area contributed by atoms with E-state index in [1.54, 1.807) is 7.11 Å². The molecule has 0 amide bonds. The smallest absolute Gasteiger partial charge is 0.285 e. The molecule has 3 aromatic rings. The van der Waals surface area contributed by atoms with Crippen molar-refractivity contribution in [3.05, 3.63) is 58.1 Å². The van der Waals surface area contributed by atoms with Crippen molar-refractivity contribution in [2.24, 2.45) is 4.40 Å². The number of hydrogen-bond acceptors (Lipinski definition) is 4. The molecule has 0 saturated heterocycles. The molecular formula is C18H19FN2O3S2. The lowest BCUT2D eigenvalue weighted by Crippen LogP contribution is -2.19. The molecule has 1 heterocycles. The number of aromatic nitrogens is 1. The first-order chi connectivity index (χ1) is 12.3. The van der Waals surface area contributed by atoms with Gasteiger partial charge in [-0.25, -0.2) is 4.39 Å². The highest BCUT2D eigenvalue weighted by molar-refractivity contribution is 7.90. The highest BCUT2D eigenvalue weighted by Gasteiger charge is 2.16. The Kier molecular flexibility index (Phi) is 5.27. The molecule has 8 heteroatoms. The summed E-state index contributed by atoms with van der Waals surface area (Å²) in [6, 6.07) is 8.72. The van der Waals surface area contributed by atoms with Crippen LogP contribution in [0.5, 0.6) is 0 Å². The molecule has 138 valence electrons. The predicted octanol–water partition coefficient (Wildman–Crippen LogP) is 3.39. The van der Waals surface area contributed by atoms with Gasteiger partial charge in [-0.2, -0.15) is 8.42 Å². The molecule has 0 spiro atoms. The van der Waals surface area contributed by atoms with Gasteiger partial charge in [0.15, 0.2) is 0 Å². The number of ether oxygens (including phenoxy) is 1. The summed E-state index contributed by atoms with van der Waals surface area (Å²) in [5, 5.41) is 0. The highest BCUT2D eigenvalue weighted by Crippen LogP contribution is 2.24. The molecule has 5 nitrogen and oxygen atoms in total. The summed E-state index contributed by atoms with van der Waals surface area (Å²) in [5.74, 6) is -0.493. The van der Waals surface area contributed by atoms with Crippen molar-refractivity contribution in [1.29, 1.82) is 0 Å². The Morgan fingerprint density at radius 1 is 1.19 bits per heavy atom. The summed E-state index contributed by atoms with van der Waals surface area (Å²) in [4.78, 5) is 0.331. The molecule has 0 radical (unpaired) electrons. The van der Waals surface area contributed by atoms with Gasteiger partial charge in [0.05, 0.1) is 21.7 Å². The monoisotopic (exact) mass is 394 g/mol. The topological polar surface area (TPSA) is 60.7 Å². The molecule has 26 heavy (non-hydrogen) atoms. The molecule has 2 aromatic carbocycles. The molecule has 0 fully saturated rings. The van der Waals surface area contributed by atoms with Crippen LogP contribution < -0.4 is 4.80 Å². The Balaban J connectivity index is 2.24. The summed E-state index contributed by atoms with van der Waals surface area (Å²) in [7, 11) is -2.35. The van der Waals surface area contributed by atoms with Gasteiger partial charge in [-0.1, -0.05) is 17.4 Å². The Hall–Kier alpha value is -2.03. The number of sulfonamides is 1. The number of thiazole rings is 1. The largest absolute Gasteiger partial charge is 0.383 e. The van der Waals surface area contributed by atoms with E-state index in [2.05, 4.69) is 10.5 Å². The van der Waals surface area contributed by atoms with Crippen LogP contribution in [-0.4, -0.2) is 26.7 Å². The van der Waals surface area contributed by atoms with Crippen LogP contribution in [0.25, 0.3) is 10.2 Å². The van der Waals surface area contributed by atoms with E-state index in [0.717, 1.165) is 33.5 Å². The second kappa shape index (κ2) is 7.30. The second-order valence-corrected chi connectivity index (χ2v) is 8.56. The van der Waals surface area contributed by atoms with E-state index in [1.165, 1.54) is 23.5 Å². The summed E-state index contributed by atoms with van der Waals surface area (Å²) in [6.07, 6.45) is 0. The van der Waals surface area contributed by atoms with Crippen LogP contribution in [0, 0.1) is 19.7 Å². The number of nitrogens with zero attached hydrogens (tertiary/aromatic N) is 2. The standard InChI is InChI=1S/C18H19FN2O3S2/c1-12-10-13(2)17-16(11-12)21(8-9-24-3)18(25-17)20-26(22,23)15-6-4-14(19)5-7-15/h4-7,10-11H,8-9H2,1-3H3/b20-18-. The molecule has 0 aliphatic rings. The van der Waals surface area contributed by atoms with Gasteiger partial charge in [-0.05, 0) is 55.3 Å². The lowest BCUT2D eigenvalue weighted by molar-refractivity contribution is 0.187. The quantitative estimate of drug-likeness (QED) is 0.666. The van der Waals surface area contributed by atoms with E-state index in [1.807, 2.05) is 24.5 Å². The van der Waals surface area contributed by atoms with Crippen molar-refractivity contribution in [3.63, 3.8) is 0 Å². The molecule has 0 N–H and O–H groups in total. The van der Waals surface area contributed by atoms with E-state index < -0.39 is 15.8 Å². The van der Waals surface area contributed by atoms with E-state index in [0.29, 0.717) is 18.0 Å². The summed E-state index contributed by atoms with van der Waals surface area (Å²) in [6.45, 7) is 4.90. The van der Waals surface area contributed by atoms with Crippen molar-refractivity contribution >= 4 is 31.6 Å². The molecule has 0 bridgehead atoms. The normalized spacial score (nSPS) is 12.8. The van der Waals surface area contributed by atoms with Crippen LogP contribution in [0.15, 0.2) is 45.7 Å². The molecule has 0 aliphatic heterocycles.